The highest BCUT2D eigenvalue weighted by molar-refractivity contribution is 5.89. The van der Waals surface area contributed by atoms with Crippen molar-refractivity contribution in [2.75, 3.05) is 23.9 Å². The van der Waals surface area contributed by atoms with Crippen LogP contribution < -0.4 is 15.0 Å². The number of anilines is 2. The summed E-state index contributed by atoms with van der Waals surface area (Å²) >= 11 is 0. The standard InChI is InChI=1S/C18H20N2O4/c1-3-12-20(15-9-5-4-6-10-15)18(22)24-16-11-7-8-14(13-16)19-17(21)23-2/h4-11,13H,3,12H2,1-2H3,(H,19,21). The molecule has 0 atom stereocenters. The van der Waals surface area contributed by atoms with Gasteiger partial charge in [-0.1, -0.05) is 31.2 Å². The summed E-state index contributed by atoms with van der Waals surface area (Å²) in [5.41, 5.74) is 1.25. The van der Waals surface area contributed by atoms with Crippen LogP contribution in [0, 0.1) is 0 Å². The number of methoxy groups -OCH3 is 1. The van der Waals surface area contributed by atoms with E-state index in [1.807, 2.05) is 37.3 Å². The Morgan fingerprint density at radius 2 is 1.83 bits per heavy atom. The van der Waals surface area contributed by atoms with Crippen molar-refractivity contribution in [2.24, 2.45) is 0 Å². The molecule has 0 fully saturated rings. The molecule has 0 aliphatic carbocycles. The molecule has 6 nitrogen and oxygen atoms in total. The van der Waals surface area contributed by atoms with Crippen LogP contribution in [0.2, 0.25) is 0 Å². The van der Waals surface area contributed by atoms with Gasteiger partial charge >= 0.3 is 12.2 Å². The summed E-state index contributed by atoms with van der Waals surface area (Å²) < 4.78 is 9.97. The molecule has 2 aromatic carbocycles. The fourth-order valence-electron chi connectivity index (χ4n) is 2.12. The molecule has 0 unspecified atom stereocenters. The van der Waals surface area contributed by atoms with E-state index < -0.39 is 12.2 Å². The number of hydrogen-bond acceptors (Lipinski definition) is 4. The van der Waals surface area contributed by atoms with Gasteiger partial charge in [0.25, 0.3) is 0 Å². The molecule has 0 saturated carbocycles. The Labute approximate surface area is 141 Å². The molecule has 0 aromatic heterocycles. The molecule has 2 rings (SSSR count). The number of ether oxygens (including phenoxy) is 2. The average Bonchev–Trinajstić information content (AvgIpc) is 2.60. The van der Waals surface area contributed by atoms with Gasteiger partial charge in [-0.2, -0.15) is 0 Å². The molecule has 126 valence electrons. The predicted octanol–water partition coefficient (Wildman–Crippen LogP) is 4.28. The maximum atomic E-state index is 12.5. The van der Waals surface area contributed by atoms with E-state index in [2.05, 4.69) is 10.1 Å². The van der Waals surface area contributed by atoms with Gasteiger partial charge in [0.15, 0.2) is 0 Å². The van der Waals surface area contributed by atoms with Gasteiger partial charge in [-0.3, -0.25) is 10.2 Å². The van der Waals surface area contributed by atoms with E-state index >= 15 is 0 Å². The number of nitrogens with zero attached hydrogens (tertiary/aromatic N) is 1. The third-order valence-corrected chi connectivity index (χ3v) is 3.21. The maximum absolute atomic E-state index is 12.5. The molecule has 0 saturated heterocycles. The van der Waals surface area contributed by atoms with E-state index in [-0.39, 0.29) is 0 Å². The number of hydrogen-bond donors (Lipinski definition) is 1. The summed E-state index contributed by atoms with van der Waals surface area (Å²) in [6, 6.07) is 15.9. The highest BCUT2D eigenvalue weighted by atomic mass is 16.6. The first-order valence-electron chi connectivity index (χ1n) is 7.63. The number of carbonyl (C=O) groups excluding carboxylic acids is 2. The zero-order valence-electron chi connectivity index (χ0n) is 13.7. The van der Waals surface area contributed by atoms with Crippen LogP contribution in [-0.4, -0.2) is 25.8 Å². The third kappa shape index (κ3) is 4.74. The molecular weight excluding hydrogens is 308 g/mol. The number of rotatable bonds is 5. The molecule has 2 aromatic rings. The lowest BCUT2D eigenvalue weighted by Crippen LogP contribution is -2.34. The van der Waals surface area contributed by atoms with Gasteiger partial charge in [0, 0.05) is 24.0 Å². The van der Waals surface area contributed by atoms with Crippen LogP contribution in [0.4, 0.5) is 21.0 Å². The van der Waals surface area contributed by atoms with Crippen molar-refractivity contribution in [2.45, 2.75) is 13.3 Å². The molecule has 0 radical (unpaired) electrons. The minimum absolute atomic E-state index is 0.339. The van der Waals surface area contributed by atoms with E-state index in [9.17, 15) is 9.59 Å². The molecule has 1 N–H and O–H groups in total. The first kappa shape index (κ1) is 17.3. The second-order valence-corrected chi connectivity index (χ2v) is 5.00. The van der Waals surface area contributed by atoms with Gasteiger partial charge in [-0.25, -0.2) is 9.59 Å². The normalized spacial score (nSPS) is 9.92. The van der Waals surface area contributed by atoms with Crippen LogP contribution >= 0.6 is 0 Å². The van der Waals surface area contributed by atoms with E-state index in [0.29, 0.717) is 18.0 Å². The zero-order valence-corrected chi connectivity index (χ0v) is 13.7. The summed E-state index contributed by atoms with van der Waals surface area (Å²) in [4.78, 5) is 25.3. The van der Waals surface area contributed by atoms with Crippen molar-refractivity contribution in [3.8, 4) is 5.75 Å². The largest absolute Gasteiger partial charge is 0.453 e. The lowest BCUT2D eigenvalue weighted by atomic mass is 10.3. The number of nitrogens with one attached hydrogen (secondary N) is 1. The monoisotopic (exact) mass is 328 g/mol. The number of benzene rings is 2. The number of para-hydroxylation sites is 1. The SMILES string of the molecule is CCCN(C(=O)Oc1cccc(NC(=O)OC)c1)c1ccccc1. The summed E-state index contributed by atoms with van der Waals surface area (Å²) in [6.07, 6.45) is -0.262. The van der Waals surface area contributed by atoms with Crippen LogP contribution in [0.3, 0.4) is 0 Å². The highest BCUT2D eigenvalue weighted by Crippen LogP contribution is 2.20. The quantitative estimate of drug-likeness (QED) is 0.889. The van der Waals surface area contributed by atoms with Gasteiger partial charge < -0.3 is 9.47 Å². The molecule has 0 aliphatic heterocycles. The minimum Gasteiger partial charge on any atom is -0.453 e. The van der Waals surface area contributed by atoms with Crippen LogP contribution in [0.15, 0.2) is 54.6 Å². The second-order valence-electron chi connectivity index (χ2n) is 5.00. The van der Waals surface area contributed by atoms with Crippen LogP contribution in [-0.2, 0) is 4.74 Å². The van der Waals surface area contributed by atoms with E-state index in [1.165, 1.54) is 7.11 Å². The summed E-state index contributed by atoms with van der Waals surface area (Å²) in [5, 5.41) is 2.53. The van der Waals surface area contributed by atoms with E-state index in [0.717, 1.165) is 12.1 Å². The molecule has 6 heteroatoms. The first-order valence-corrected chi connectivity index (χ1v) is 7.63. The van der Waals surface area contributed by atoms with Gasteiger partial charge in [0.05, 0.1) is 7.11 Å². The maximum Gasteiger partial charge on any atom is 0.419 e. The van der Waals surface area contributed by atoms with Gasteiger partial charge in [-0.05, 0) is 30.7 Å². The van der Waals surface area contributed by atoms with Crippen LogP contribution in [0.5, 0.6) is 5.75 Å². The van der Waals surface area contributed by atoms with Crippen LogP contribution in [0.1, 0.15) is 13.3 Å². The molecule has 0 aliphatic rings. The smallest absolute Gasteiger partial charge is 0.419 e. The number of carbonyl (C=O) groups is 2. The molecule has 0 heterocycles. The fourth-order valence-corrected chi connectivity index (χ4v) is 2.12. The molecule has 24 heavy (non-hydrogen) atoms. The van der Waals surface area contributed by atoms with Crippen LogP contribution in [0.25, 0.3) is 0 Å². The van der Waals surface area contributed by atoms with Crippen molar-refractivity contribution in [1.82, 2.24) is 0 Å². The van der Waals surface area contributed by atoms with E-state index in [1.54, 1.807) is 29.2 Å². The Hall–Kier alpha value is -3.02. The Morgan fingerprint density at radius 3 is 2.50 bits per heavy atom. The fraction of sp³-hybridized carbons (Fsp3) is 0.222. The van der Waals surface area contributed by atoms with Crippen molar-refractivity contribution in [3.05, 3.63) is 54.6 Å². The second kappa shape index (κ2) is 8.57. The lowest BCUT2D eigenvalue weighted by Gasteiger charge is -2.21. The predicted molar refractivity (Wildman–Crippen MR) is 92.6 cm³/mol. The first-order chi connectivity index (χ1) is 11.6. The topological polar surface area (TPSA) is 67.9 Å². The third-order valence-electron chi connectivity index (χ3n) is 3.21. The Balaban J connectivity index is 2.12. The van der Waals surface area contributed by atoms with Gasteiger partial charge in [0.1, 0.15) is 5.75 Å². The van der Waals surface area contributed by atoms with Gasteiger partial charge in [-0.15, -0.1) is 0 Å². The molecular formula is C18H20N2O4. The van der Waals surface area contributed by atoms with Crippen molar-refractivity contribution >= 4 is 23.6 Å². The zero-order chi connectivity index (χ0) is 17.4. The Morgan fingerprint density at radius 1 is 1.08 bits per heavy atom. The molecule has 2 amide bonds. The summed E-state index contributed by atoms with van der Waals surface area (Å²) in [5.74, 6) is 0.339. The summed E-state index contributed by atoms with van der Waals surface area (Å²) in [6.45, 7) is 2.53. The summed E-state index contributed by atoms with van der Waals surface area (Å²) in [7, 11) is 1.28. The Kier molecular flexibility index (Phi) is 6.19. The lowest BCUT2D eigenvalue weighted by molar-refractivity contribution is 0.187. The van der Waals surface area contributed by atoms with Crippen molar-refractivity contribution in [3.63, 3.8) is 0 Å². The van der Waals surface area contributed by atoms with E-state index in [4.69, 9.17) is 4.74 Å². The van der Waals surface area contributed by atoms with Crippen molar-refractivity contribution < 1.29 is 19.1 Å². The average molecular weight is 328 g/mol. The van der Waals surface area contributed by atoms with Gasteiger partial charge in [0.2, 0.25) is 0 Å². The Bertz CT molecular complexity index is 688. The highest BCUT2D eigenvalue weighted by Gasteiger charge is 2.17. The molecule has 0 spiro atoms. The minimum atomic E-state index is -0.588. The molecule has 0 bridgehead atoms. The van der Waals surface area contributed by atoms with Crippen molar-refractivity contribution in [1.29, 1.82) is 0 Å². The number of amides is 2.